The summed E-state index contributed by atoms with van der Waals surface area (Å²) >= 11 is 0. The highest BCUT2D eigenvalue weighted by Crippen LogP contribution is 2.33. The van der Waals surface area contributed by atoms with Crippen LogP contribution in [0.2, 0.25) is 0 Å². The second-order valence-corrected chi connectivity index (χ2v) is 14.1. The highest BCUT2D eigenvalue weighted by atomic mass is 16.6. The number of H-pyrrole nitrogens is 1. The van der Waals surface area contributed by atoms with Gasteiger partial charge >= 0.3 is 12.1 Å². The molecule has 3 aromatic rings. The van der Waals surface area contributed by atoms with Gasteiger partial charge in [-0.05, 0) is 106 Å². The standard InChI is InChI=1S/C36H47N7O4/c1-24-19-25(20-29-22-37-39-33(24)29)21-32(34(44)41-15-9-27(10-16-41)26-7-13-40(2)14-8-26)47-36(46)42-17-11-30(12-18-42)43-23-28-5-3-4-6-31(28)38-35(43)45/h3-6,19-20,22,26-27,30,32H,7-18,21,23H2,1-2H3,(H,37,39)(H,38,45)/t32-/m1/s1. The number of nitrogens with one attached hydrogen (secondary N) is 2. The Morgan fingerprint density at radius 3 is 2.36 bits per heavy atom. The van der Waals surface area contributed by atoms with Crippen molar-refractivity contribution < 1.29 is 19.1 Å². The van der Waals surface area contributed by atoms with Gasteiger partial charge in [0.05, 0.1) is 11.7 Å². The maximum absolute atomic E-state index is 14.1. The monoisotopic (exact) mass is 641 g/mol. The van der Waals surface area contributed by atoms with Gasteiger partial charge in [-0.2, -0.15) is 5.10 Å². The van der Waals surface area contributed by atoms with Gasteiger partial charge in [0.15, 0.2) is 6.10 Å². The molecule has 0 bridgehead atoms. The molecular formula is C36H47N7O4. The van der Waals surface area contributed by atoms with Crippen LogP contribution in [0.3, 0.4) is 0 Å². The maximum Gasteiger partial charge on any atom is 0.410 e. The van der Waals surface area contributed by atoms with E-state index in [2.05, 4.69) is 27.5 Å². The lowest BCUT2D eigenvalue weighted by Crippen LogP contribution is -2.52. The molecule has 0 radical (unpaired) electrons. The maximum atomic E-state index is 14.1. The molecule has 5 heterocycles. The van der Waals surface area contributed by atoms with Crippen LogP contribution in [0.1, 0.15) is 55.2 Å². The lowest BCUT2D eigenvalue weighted by molar-refractivity contribution is -0.142. The first-order valence-electron chi connectivity index (χ1n) is 17.3. The molecule has 2 N–H and O–H groups in total. The number of anilines is 1. The van der Waals surface area contributed by atoms with Crippen LogP contribution >= 0.6 is 0 Å². The number of benzene rings is 2. The third-order valence-electron chi connectivity index (χ3n) is 11.1. The Morgan fingerprint density at radius 1 is 0.936 bits per heavy atom. The van der Waals surface area contributed by atoms with Crippen molar-refractivity contribution in [2.75, 3.05) is 51.6 Å². The van der Waals surface area contributed by atoms with Crippen LogP contribution < -0.4 is 5.32 Å². The number of aryl methyl sites for hydroxylation is 1. The highest BCUT2D eigenvalue weighted by molar-refractivity contribution is 5.92. The molecule has 0 spiro atoms. The number of piperidine rings is 3. The van der Waals surface area contributed by atoms with Crippen molar-refractivity contribution in [2.45, 2.75) is 70.6 Å². The average molecular weight is 642 g/mol. The van der Waals surface area contributed by atoms with Crippen molar-refractivity contribution in [1.29, 1.82) is 0 Å². The molecule has 0 aliphatic carbocycles. The van der Waals surface area contributed by atoms with Crippen LogP contribution in [0, 0.1) is 18.8 Å². The fourth-order valence-electron chi connectivity index (χ4n) is 8.19. The number of amides is 4. The molecule has 0 saturated carbocycles. The number of aromatic nitrogens is 2. The minimum Gasteiger partial charge on any atom is -0.436 e. The smallest absolute Gasteiger partial charge is 0.410 e. The molecule has 3 saturated heterocycles. The topological polar surface area (TPSA) is 114 Å². The first kappa shape index (κ1) is 31.5. The summed E-state index contributed by atoms with van der Waals surface area (Å²) in [6.07, 6.45) is 6.51. The predicted octanol–water partition coefficient (Wildman–Crippen LogP) is 5.01. The van der Waals surface area contributed by atoms with Crippen molar-refractivity contribution in [2.24, 2.45) is 11.8 Å². The SMILES string of the molecule is Cc1cc(C[C@@H](OC(=O)N2CCC(N3Cc4ccccc4NC3=O)CC2)C(=O)N2CCC(C3CCN(C)CC3)CC2)cc2cn[nH]c12. The Hall–Kier alpha value is -4.12. The Labute approximate surface area is 276 Å². The van der Waals surface area contributed by atoms with Gasteiger partial charge in [0.25, 0.3) is 5.91 Å². The highest BCUT2D eigenvalue weighted by Gasteiger charge is 2.37. The molecular weight excluding hydrogens is 594 g/mol. The number of hydrogen-bond acceptors (Lipinski definition) is 6. The van der Waals surface area contributed by atoms with E-state index >= 15 is 0 Å². The van der Waals surface area contributed by atoms with Gasteiger partial charge < -0.3 is 29.7 Å². The number of aromatic amines is 1. The number of hydrogen-bond donors (Lipinski definition) is 2. The zero-order valence-corrected chi connectivity index (χ0v) is 27.6. The van der Waals surface area contributed by atoms with E-state index in [1.807, 2.05) is 53.1 Å². The van der Waals surface area contributed by atoms with E-state index in [4.69, 9.17) is 4.74 Å². The van der Waals surface area contributed by atoms with Crippen LogP contribution in [0.5, 0.6) is 0 Å². The van der Waals surface area contributed by atoms with Gasteiger partial charge in [-0.1, -0.05) is 24.3 Å². The summed E-state index contributed by atoms with van der Waals surface area (Å²) in [7, 11) is 2.19. The summed E-state index contributed by atoms with van der Waals surface area (Å²) < 4.78 is 6.12. The fourth-order valence-corrected chi connectivity index (χ4v) is 8.19. The molecule has 7 rings (SSSR count). The molecule has 47 heavy (non-hydrogen) atoms. The van der Waals surface area contributed by atoms with Crippen LogP contribution in [0.25, 0.3) is 10.9 Å². The van der Waals surface area contributed by atoms with Crippen LogP contribution in [0.4, 0.5) is 15.3 Å². The van der Waals surface area contributed by atoms with Gasteiger partial charge in [-0.3, -0.25) is 9.89 Å². The second kappa shape index (κ2) is 13.5. The zero-order chi connectivity index (χ0) is 32.5. The number of likely N-dealkylation sites (tertiary alicyclic amines) is 3. The molecule has 1 atom stereocenters. The van der Waals surface area contributed by atoms with E-state index in [0.29, 0.717) is 57.9 Å². The van der Waals surface area contributed by atoms with Crippen LogP contribution in [0.15, 0.2) is 42.6 Å². The van der Waals surface area contributed by atoms with Crippen molar-refractivity contribution in [3.8, 4) is 0 Å². The third kappa shape index (κ3) is 6.81. The molecule has 0 unspecified atom stereocenters. The van der Waals surface area contributed by atoms with Crippen molar-refractivity contribution in [3.05, 3.63) is 59.3 Å². The molecule has 1 aromatic heterocycles. The van der Waals surface area contributed by atoms with Crippen molar-refractivity contribution >= 4 is 34.6 Å². The largest absolute Gasteiger partial charge is 0.436 e. The second-order valence-electron chi connectivity index (χ2n) is 14.1. The summed E-state index contributed by atoms with van der Waals surface area (Å²) in [5.41, 5.74) is 4.91. The molecule has 4 amide bonds. The predicted molar refractivity (Wildman–Crippen MR) is 180 cm³/mol. The van der Waals surface area contributed by atoms with Gasteiger partial charge in [0.2, 0.25) is 0 Å². The number of rotatable bonds is 6. The van der Waals surface area contributed by atoms with Crippen molar-refractivity contribution in [3.63, 3.8) is 0 Å². The molecule has 11 nitrogen and oxygen atoms in total. The quantitative estimate of drug-likeness (QED) is 0.391. The number of ether oxygens (including phenoxy) is 1. The zero-order valence-electron chi connectivity index (χ0n) is 27.6. The minimum atomic E-state index is -0.909. The minimum absolute atomic E-state index is 0.0281. The van der Waals surface area contributed by atoms with E-state index in [9.17, 15) is 14.4 Å². The van der Waals surface area contributed by atoms with E-state index in [-0.39, 0.29) is 18.0 Å². The summed E-state index contributed by atoms with van der Waals surface area (Å²) in [5, 5.41) is 11.2. The molecule has 3 fully saturated rings. The Balaban J connectivity index is 1.00. The number of nitrogens with zero attached hydrogens (tertiary/aromatic N) is 5. The first-order valence-corrected chi connectivity index (χ1v) is 17.3. The van der Waals surface area contributed by atoms with E-state index < -0.39 is 12.2 Å². The number of para-hydroxylation sites is 1. The first-order chi connectivity index (χ1) is 22.8. The van der Waals surface area contributed by atoms with Crippen LogP contribution in [-0.2, 0) is 22.5 Å². The van der Waals surface area contributed by atoms with E-state index in [1.54, 1.807) is 11.1 Å². The molecule has 2 aromatic carbocycles. The van der Waals surface area contributed by atoms with E-state index in [1.165, 1.54) is 12.8 Å². The Morgan fingerprint density at radius 2 is 1.62 bits per heavy atom. The average Bonchev–Trinajstić information content (AvgIpc) is 3.57. The summed E-state index contributed by atoms with van der Waals surface area (Å²) in [6, 6.07) is 11.9. The lowest BCUT2D eigenvalue weighted by atomic mass is 9.79. The van der Waals surface area contributed by atoms with Crippen molar-refractivity contribution in [1.82, 2.24) is 29.8 Å². The van der Waals surface area contributed by atoms with Gasteiger partial charge in [-0.25, -0.2) is 9.59 Å². The summed E-state index contributed by atoms with van der Waals surface area (Å²) in [4.78, 5) is 48.5. The number of fused-ring (bicyclic) bond motifs is 2. The molecule has 11 heteroatoms. The Kier molecular flexibility index (Phi) is 9.07. The van der Waals surface area contributed by atoms with Gasteiger partial charge in [0, 0.05) is 56.3 Å². The fraction of sp³-hybridized carbons (Fsp3) is 0.556. The number of carbonyl (C=O) groups is 3. The van der Waals surface area contributed by atoms with E-state index in [0.717, 1.165) is 65.1 Å². The molecule has 4 aliphatic heterocycles. The third-order valence-corrected chi connectivity index (χ3v) is 11.1. The van der Waals surface area contributed by atoms with Crippen LogP contribution in [-0.4, -0.2) is 106 Å². The summed E-state index contributed by atoms with van der Waals surface area (Å²) in [6.45, 7) is 7.23. The molecule has 250 valence electrons. The number of carbonyl (C=O) groups excluding carboxylic acids is 3. The number of urea groups is 1. The normalized spacial score (nSPS) is 21.1. The lowest BCUT2D eigenvalue weighted by Gasteiger charge is -2.41. The van der Waals surface area contributed by atoms with Gasteiger partial charge in [-0.15, -0.1) is 0 Å². The van der Waals surface area contributed by atoms with Gasteiger partial charge in [0.1, 0.15) is 0 Å². The summed E-state index contributed by atoms with van der Waals surface area (Å²) in [5.74, 6) is 1.27. The Bertz CT molecular complexity index is 1600. The molecule has 4 aliphatic rings.